The minimum atomic E-state index is -1.78. The summed E-state index contributed by atoms with van der Waals surface area (Å²) in [5, 5.41) is 11.7. The normalized spacial score (nSPS) is 23.8. The second-order valence-corrected chi connectivity index (χ2v) is 26.0. The Labute approximate surface area is 631 Å². The first-order valence-corrected chi connectivity index (χ1v) is 36.0. The van der Waals surface area contributed by atoms with Gasteiger partial charge in [0.15, 0.2) is 24.8 Å². The van der Waals surface area contributed by atoms with Gasteiger partial charge in [-0.05, 0) is 101 Å². The smallest absolute Gasteiger partial charge is 0.338 e. The van der Waals surface area contributed by atoms with E-state index in [1.807, 2.05) is 152 Å². The first-order valence-electron chi connectivity index (χ1n) is 36.0. The van der Waals surface area contributed by atoms with E-state index in [1.165, 1.54) is 7.11 Å². The largest absolute Gasteiger partial charge is 0.497 e. The van der Waals surface area contributed by atoms with Crippen molar-refractivity contribution in [3.8, 4) is 11.5 Å². The highest BCUT2D eigenvalue weighted by atomic mass is 16.8. The number of carbonyl (C=O) groups excluding carboxylic acids is 4. The lowest BCUT2D eigenvalue weighted by Gasteiger charge is -2.51. The number of aliphatic hydroxyl groups excluding tert-OH is 1. The van der Waals surface area contributed by atoms with E-state index >= 15 is 9.59 Å². The molecule has 3 aliphatic rings. The van der Waals surface area contributed by atoms with Gasteiger partial charge in [0.05, 0.1) is 69.0 Å². The third-order valence-electron chi connectivity index (χ3n) is 18.6. The highest BCUT2D eigenvalue weighted by Gasteiger charge is 2.59. The topological polar surface area (TPSA) is 236 Å². The molecule has 0 bridgehead atoms. The molecule has 13 rings (SSSR count). The summed E-state index contributed by atoms with van der Waals surface area (Å²) >= 11 is 0. The summed E-state index contributed by atoms with van der Waals surface area (Å²) in [6, 6.07) is 86.8. The SMILES string of the molecule is COc1ccc(O[C@@H]2O[C@H](COC(=O)c3ccccc3)[C@H](OC(=O)c3ccccc3)[C@H](O[C@@H]3O[C@H](COC(=O)c4ccccc4)[C@@H](O[C@@H]4O[C@H](CO)[C@@H](OCc5ccccc5)[C@H](OCc5ccccc5)[C@@H]4OCc4ccccc4)[C@H](OCc4ccccc4)[C@@H]3OCc3ccccc3)[C@H]2OC(=O)c2ccccc2)cc1. The average molecular weight is 1480 g/mol. The predicted octanol–water partition coefficient (Wildman–Crippen LogP) is 13.1. The molecule has 0 aromatic heterocycles. The van der Waals surface area contributed by atoms with Gasteiger partial charge >= 0.3 is 23.9 Å². The monoisotopic (exact) mass is 1480 g/mol. The van der Waals surface area contributed by atoms with E-state index in [-0.39, 0.29) is 61.0 Å². The zero-order valence-corrected chi connectivity index (χ0v) is 59.7. The summed E-state index contributed by atoms with van der Waals surface area (Å²) in [6.07, 6.45) is -22.0. The van der Waals surface area contributed by atoms with Crippen LogP contribution in [0.15, 0.2) is 297 Å². The Morgan fingerprint density at radius 2 is 0.587 bits per heavy atom. The lowest BCUT2D eigenvalue weighted by molar-refractivity contribution is -0.388. The summed E-state index contributed by atoms with van der Waals surface area (Å²) in [5.74, 6) is -2.58. The van der Waals surface area contributed by atoms with Crippen molar-refractivity contribution in [1.82, 2.24) is 0 Å². The summed E-state index contributed by atoms with van der Waals surface area (Å²) in [5.41, 5.74) is 4.47. The van der Waals surface area contributed by atoms with Crippen LogP contribution in [-0.2, 0) is 99.4 Å². The van der Waals surface area contributed by atoms with Gasteiger partial charge < -0.3 is 80.9 Å². The zero-order chi connectivity index (χ0) is 74.9. The van der Waals surface area contributed by atoms with E-state index in [9.17, 15) is 14.7 Å². The van der Waals surface area contributed by atoms with Crippen LogP contribution < -0.4 is 9.47 Å². The number of rotatable bonds is 33. The first kappa shape index (κ1) is 76.4. The first-order chi connectivity index (χ1) is 53.6. The van der Waals surface area contributed by atoms with E-state index in [2.05, 4.69) is 0 Å². The zero-order valence-electron chi connectivity index (χ0n) is 59.7. The minimum absolute atomic E-state index is 0.00776. The van der Waals surface area contributed by atoms with Crippen LogP contribution >= 0.6 is 0 Å². The van der Waals surface area contributed by atoms with Gasteiger partial charge in [0.1, 0.15) is 85.8 Å². The molecule has 10 aromatic rings. The van der Waals surface area contributed by atoms with Crippen LogP contribution in [0.3, 0.4) is 0 Å². The maximum absolute atomic E-state index is 15.1. The molecule has 10 aromatic carbocycles. The van der Waals surface area contributed by atoms with E-state index in [0.717, 1.165) is 16.7 Å². The van der Waals surface area contributed by atoms with Gasteiger partial charge in [-0.3, -0.25) is 0 Å². The van der Waals surface area contributed by atoms with E-state index in [4.69, 9.17) is 75.8 Å². The number of hydrogen-bond acceptors (Lipinski definition) is 21. The molecule has 0 radical (unpaired) electrons. The van der Waals surface area contributed by atoms with E-state index in [0.29, 0.717) is 16.9 Å². The molecule has 0 saturated carbocycles. The van der Waals surface area contributed by atoms with Crippen molar-refractivity contribution >= 4 is 23.9 Å². The molecule has 1 N–H and O–H groups in total. The van der Waals surface area contributed by atoms with Crippen molar-refractivity contribution in [3.05, 3.63) is 347 Å². The van der Waals surface area contributed by atoms with Crippen LogP contribution in [0, 0.1) is 0 Å². The van der Waals surface area contributed by atoms with Gasteiger partial charge in [-0.1, -0.05) is 224 Å². The highest BCUT2D eigenvalue weighted by Crippen LogP contribution is 2.40. The number of carbonyl (C=O) groups is 4. The lowest BCUT2D eigenvalue weighted by Crippen LogP contribution is -2.68. The lowest BCUT2D eigenvalue weighted by atomic mass is 9.94. The third-order valence-corrected chi connectivity index (χ3v) is 18.6. The molecule has 21 nitrogen and oxygen atoms in total. The Bertz CT molecular complexity index is 4390. The third kappa shape index (κ3) is 20.7. The Morgan fingerprint density at radius 1 is 0.294 bits per heavy atom. The molecule has 109 heavy (non-hydrogen) atoms. The molecule has 21 heteroatoms. The van der Waals surface area contributed by atoms with Crippen LogP contribution in [0.4, 0.5) is 0 Å². The van der Waals surface area contributed by atoms with Gasteiger partial charge in [0.2, 0.25) is 6.29 Å². The molecule has 3 saturated heterocycles. The fourth-order valence-corrected chi connectivity index (χ4v) is 13.0. The maximum Gasteiger partial charge on any atom is 0.338 e. The number of benzene rings is 10. The fourth-order valence-electron chi connectivity index (χ4n) is 13.0. The van der Waals surface area contributed by atoms with Crippen molar-refractivity contribution in [2.75, 3.05) is 26.9 Å². The molecule has 0 unspecified atom stereocenters. The van der Waals surface area contributed by atoms with Crippen LogP contribution in [0.2, 0.25) is 0 Å². The average Bonchev–Trinajstić information content (AvgIpc) is 0.755. The van der Waals surface area contributed by atoms with Gasteiger partial charge in [0, 0.05) is 0 Å². The molecule has 15 atom stereocenters. The molecule has 3 heterocycles. The summed E-state index contributed by atoms with van der Waals surface area (Å²) < 4.78 is 110. The molecule has 0 aliphatic carbocycles. The molecule has 3 aliphatic heterocycles. The standard InChI is InChI=1S/C88H84O21/c1-94-68-47-49-69(50-48-68)102-88-81(107-85(93)67-45-27-10-28-46-67)78(75(106-84(92)66-43-25-9-26-44-66)72(105-88)58-101-83(91)65-41-23-8-24-42-65)109-87-80(99-56-63-37-19-6-20-38-63)77(97-54-61-33-15-4-16-34-61)74(71(104-87)57-100-82(90)64-39-21-7-22-40-64)108-86-79(98-55-62-35-17-5-18-36-62)76(96-53-60-31-13-3-14-32-60)73(70(51-89)103-86)95-52-59-29-11-2-12-30-59/h2-50,70-81,86-89H,51-58H2,1H3/t70-,71-,72-,73-,74-,75+,76+,77+,78+,79+,80+,81-,86+,87+,88-/m1/s1. The quantitative estimate of drug-likeness (QED) is 0.0297. The summed E-state index contributed by atoms with van der Waals surface area (Å²) in [4.78, 5) is 58.9. The number of ether oxygens (including phenoxy) is 16. The van der Waals surface area contributed by atoms with Gasteiger partial charge in [0.25, 0.3) is 0 Å². The van der Waals surface area contributed by atoms with Gasteiger partial charge in [-0.2, -0.15) is 0 Å². The van der Waals surface area contributed by atoms with Crippen molar-refractivity contribution in [1.29, 1.82) is 0 Å². The van der Waals surface area contributed by atoms with E-state index in [1.54, 1.807) is 146 Å². The van der Waals surface area contributed by atoms with Crippen LogP contribution in [0.25, 0.3) is 0 Å². The number of hydrogen-bond donors (Lipinski definition) is 1. The molecular weight excluding hydrogens is 1390 g/mol. The molecular formula is C88H84O21. The Balaban J connectivity index is 0.972. The number of aliphatic hydroxyl groups is 1. The number of esters is 4. The Hall–Kier alpha value is -10.8. The van der Waals surface area contributed by atoms with Crippen molar-refractivity contribution in [3.63, 3.8) is 0 Å². The Kier molecular flexibility index (Phi) is 27.3. The second-order valence-electron chi connectivity index (χ2n) is 26.0. The van der Waals surface area contributed by atoms with Gasteiger partial charge in [-0.25, -0.2) is 19.2 Å². The van der Waals surface area contributed by atoms with Crippen LogP contribution in [0.5, 0.6) is 11.5 Å². The minimum Gasteiger partial charge on any atom is -0.497 e. The predicted molar refractivity (Wildman–Crippen MR) is 396 cm³/mol. The van der Waals surface area contributed by atoms with Crippen molar-refractivity contribution in [2.24, 2.45) is 0 Å². The second kappa shape index (κ2) is 38.9. The highest BCUT2D eigenvalue weighted by molar-refractivity contribution is 5.91. The van der Waals surface area contributed by atoms with Crippen LogP contribution in [-0.4, -0.2) is 148 Å². The van der Waals surface area contributed by atoms with Gasteiger partial charge in [-0.15, -0.1) is 0 Å². The Morgan fingerprint density at radius 3 is 0.963 bits per heavy atom. The number of methoxy groups -OCH3 is 1. The summed E-state index contributed by atoms with van der Waals surface area (Å²) in [6.45, 7) is -1.89. The molecule has 0 spiro atoms. The van der Waals surface area contributed by atoms with Crippen molar-refractivity contribution < 1.29 is 100 Å². The summed E-state index contributed by atoms with van der Waals surface area (Å²) in [7, 11) is 1.51. The van der Waals surface area contributed by atoms with E-state index < -0.39 is 136 Å². The van der Waals surface area contributed by atoms with Crippen LogP contribution in [0.1, 0.15) is 69.2 Å². The molecule has 0 amide bonds. The molecule has 562 valence electrons. The van der Waals surface area contributed by atoms with Crippen molar-refractivity contribution in [2.45, 2.75) is 125 Å². The maximum atomic E-state index is 15.1. The fraction of sp³-hybridized carbons (Fsp3) is 0.273. The molecule has 3 fully saturated rings.